The van der Waals surface area contributed by atoms with Crippen molar-refractivity contribution in [1.82, 2.24) is 14.2 Å². The fourth-order valence-electron chi connectivity index (χ4n) is 5.26. The largest absolute Gasteiger partial charge is 0.350 e. The zero-order valence-electron chi connectivity index (χ0n) is 19.8. The van der Waals surface area contributed by atoms with Crippen molar-refractivity contribution in [3.63, 3.8) is 0 Å². The predicted octanol–water partition coefficient (Wildman–Crippen LogP) is 3.66. The molecule has 1 aliphatic heterocycles. The summed E-state index contributed by atoms with van der Waals surface area (Å²) in [4.78, 5) is 26.5. The molecular weight excluding hydrogens is 438 g/mol. The maximum atomic E-state index is 13.3. The van der Waals surface area contributed by atoms with Crippen LogP contribution in [0.5, 0.6) is 0 Å². The van der Waals surface area contributed by atoms with Crippen molar-refractivity contribution in [2.75, 3.05) is 13.1 Å². The third kappa shape index (κ3) is 4.73. The van der Waals surface area contributed by atoms with E-state index in [0.29, 0.717) is 30.4 Å². The maximum absolute atomic E-state index is 13.3. The molecule has 0 bridgehead atoms. The number of fused-ring (bicyclic) bond motifs is 1. The van der Waals surface area contributed by atoms with Crippen LogP contribution in [0.25, 0.3) is 10.9 Å². The highest BCUT2D eigenvalue weighted by atomic mass is 32.2. The third-order valence-electron chi connectivity index (χ3n) is 7.63. The van der Waals surface area contributed by atoms with E-state index >= 15 is 0 Å². The summed E-state index contributed by atoms with van der Waals surface area (Å²) in [5.41, 5.74) is 0.232. The highest BCUT2D eigenvalue weighted by Gasteiger charge is 2.30. The Morgan fingerprint density at radius 3 is 2.42 bits per heavy atom. The number of nitrogens with zero attached hydrogens (tertiary/aromatic N) is 2. The van der Waals surface area contributed by atoms with Gasteiger partial charge in [-0.25, -0.2) is 8.42 Å². The first kappa shape index (κ1) is 24.0. The Morgan fingerprint density at radius 2 is 1.73 bits per heavy atom. The minimum absolute atomic E-state index is 0.0383. The first-order valence-corrected chi connectivity index (χ1v) is 13.6. The van der Waals surface area contributed by atoms with Crippen LogP contribution in [-0.2, 0) is 17.1 Å². The van der Waals surface area contributed by atoms with Gasteiger partial charge in [0.1, 0.15) is 5.56 Å². The number of carbonyl (C=O) groups excluding carboxylic acids is 1. The number of sulfonamides is 1. The van der Waals surface area contributed by atoms with Gasteiger partial charge in [0.15, 0.2) is 0 Å². The summed E-state index contributed by atoms with van der Waals surface area (Å²) in [5, 5.41) is 3.33. The highest BCUT2D eigenvalue weighted by Crippen LogP contribution is 2.29. The second-order valence-electron chi connectivity index (χ2n) is 9.83. The Hall–Kier alpha value is -2.19. The first-order chi connectivity index (χ1) is 15.7. The van der Waals surface area contributed by atoms with Gasteiger partial charge in [-0.2, -0.15) is 4.31 Å². The molecule has 0 unspecified atom stereocenters. The number of nitrogens with one attached hydrogen (secondary N) is 1. The number of benzene rings is 1. The number of hydrogen-bond acceptors (Lipinski definition) is 4. The summed E-state index contributed by atoms with van der Waals surface area (Å²) < 4.78 is 29.8. The van der Waals surface area contributed by atoms with Gasteiger partial charge in [0.25, 0.3) is 5.91 Å². The van der Waals surface area contributed by atoms with Crippen LogP contribution < -0.4 is 10.7 Å². The van der Waals surface area contributed by atoms with Gasteiger partial charge < -0.3 is 9.88 Å². The normalized spacial score (nSPS) is 25.0. The molecule has 1 aromatic carbocycles. The van der Waals surface area contributed by atoms with E-state index in [2.05, 4.69) is 19.2 Å². The summed E-state index contributed by atoms with van der Waals surface area (Å²) in [6, 6.07) is 4.71. The molecule has 2 fully saturated rings. The Bertz CT molecular complexity index is 1200. The highest BCUT2D eigenvalue weighted by molar-refractivity contribution is 7.89. The number of aromatic nitrogens is 1. The van der Waals surface area contributed by atoms with Gasteiger partial charge >= 0.3 is 0 Å². The quantitative estimate of drug-likeness (QED) is 0.734. The van der Waals surface area contributed by atoms with Gasteiger partial charge in [0.2, 0.25) is 15.5 Å². The molecule has 0 spiro atoms. The Kier molecular flexibility index (Phi) is 6.96. The van der Waals surface area contributed by atoms with Gasteiger partial charge in [0.05, 0.1) is 10.4 Å². The van der Waals surface area contributed by atoms with Gasteiger partial charge in [-0.05, 0) is 49.3 Å². The Balaban J connectivity index is 1.69. The van der Waals surface area contributed by atoms with Gasteiger partial charge in [-0.3, -0.25) is 9.59 Å². The van der Waals surface area contributed by atoms with E-state index in [1.54, 1.807) is 29.9 Å². The van der Waals surface area contributed by atoms with Gasteiger partial charge in [0, 0.05) is 37.8 Å². The molecule has 1 saturated carbocycles. The van der Waals surface area contributed by atoms with Crippen molar-refractivity contribution in [3.05, 3.63) is 40.2 Å². The molecule has 1 aromatic heterocycles. The van der Waals surface area contributed by atoms with Crippen LogP contribution in [0.15, 0.2) is 34.1 Å². The molecule has 2 heterocycles. The molecule has 1 N–H and O–H groups in total. The van der Waals surface area contributed by atoms with Crippen LogP contribution in [0.3, 0.4) is 0 Å². The van der Waals surface area contributed by atoms with E-state index in [4.69, 9.17) is 0 Å². The van der Waals surface area contributed by atoms with Crippen molar-refractivity contribution in [1.29, 1.82) is 0 Å². The molecule has 180 valence electrons. The van der Waals surface area contributed by atoms with Crippen LogP contribution in [0.4, 0.5) is 0 Å². The van der Waals surface area contributed by atoms with E-state index in [-0.39, 0.29) is 27.8 Å². The molecule has 1 aliphatic carbocycles. The molecule has 4 rings (SSSR count). The summed E-state index contributed by atoms with van der Waals surface area (Å²) in [6.45, 7) is 5.34. The molecule has 1 saturated heterocycles. The number of rotatable bonds is 4. The zero-order valence-corrected chi connectivity index (χ0v) is 20.7. The minimum atomic E-state index is -3.69. The SMILES string of the molecule is C[C@@H]1[C@H](C)CCC[C@@H]1NC(=O)c1cn(C)c2ccc(S(=O)(=O)N3CCCCCC3)cc2c1=O. The number of hydrogen-bond donors (Lipinski definition) is 1. The van der Waals surface area contributed by atoms with Crippen molar-refractivity contribution < 1.29 is 13.2 Å². The fraction of sp³-hybridized carbons (Fsp3) is 0.600. The minimum Gasteiger partial charge on any atom is -0.350 e. The van der Waals surface area contributed by atoms with Crippen LogP contribution >= 0.6 is 0 Å². The smallest absolute Gasteiger partial charge is 0.256 e. The van der Waals surface area contributed by atoms with Gasteiger partial charge in [-0.1, -0.05) is 39.5 Å². The van der Waals surface area contributed by atoms with Crippen molar-refractivity contribution in [2.24, 2.45) is 18.9 Å². The number of aryl methyl sites for hydroxylation is 1. The lowest BCUT2D eigenvalue weighted by molar-refractivity contribution is 0.0889. The van der Waals surface area contributed by atoms with Crippen LogP contribution in [-0.4, -0.2) is 42.3 Å². The summed E-state index contributed by atoms with van der Waals surface area (Å²) in [6.07, 6.45) is 8.42. The first-order valence-electron chi connectivity index (χ1n) is 12.1. The van der Waals surface area contributed by atoms with E-state index < -0.39 is 15.5 Å². The standard InChI is InChI=1S/C25H35N3O4S/c1-17-9-8-10-22(18(17)2)26-25(30)21-16-27(3)23-12-11-19(15-20(23)24(21)29)33(31,32)28-13-6-4-5-7-14-28/h11-12,15-18,22H,4-10,13-14H2,1-3H3,(H,26,30)/t17-,18-,22+/m1/s1. The van der Waals surface area contributed by atoms with Gasteiger partial charge in [-0.15, -0.1) is 0 Å². The van der Waals surface area contributed by atoms with Crippen LogP contribution in [0.2, 0.25) is 0 Å². The molecular formula is C25H35N3O4S. The van der Waals surface area contributed by atoms with Crippen molar-refractivity contribution in [2.45, 2.75) is 69.7 Å². The number of pyridine rings is 1. The lowest BCUT2D eigenvalue weighted by Crippen LogP contribution is -2.45. The van der Waals surface area contributed by atoms with E-state index in [1.807, 2.05) is 0 Å². The Morgan fingerprint density at radius 1 is 1.03 bits per heavy atom. The third-order valence-corrected chi connectivity index (χ3v) is 9.53. The number of amides is 1. The van der Waals surface area contributed by atoms with Crippen LogP contribution in [0, 0.1) is 11.8 Å². The molecule has 1 amide bonds. The number of carbonyl (C=O) groups is 1. The fourth-order valence-corrected chi connectivity index (χ4v) is 6.80. The molecule has 0 radical (unpaired) electrons. The molecule has 2 aliphatic rings. The van der Waals surface area contributed by atoms with E-state index in [9.17, 15) is 18.0 Å². The average molecular weight is 474 g/mol. The molecule has 7 nitrogen and oxygen atoms in total. The monoisotopic (exact) mass is 473 g/mol. The summed E-state index contributed by atoms with van der Waals surface area (Å²) >= 11 is 0. The van der Waals surface area contributed by atoms with Crippen molar-refractivity contribution >= 4 is 26.8 Å². The Labute approximate surface area is 196 Å². The maximum Gasteiger partial charge on any atom is 0.256 e. The zero-order chi connectivity index (χ0) is 23.8. The molecule has 33 heavy (non-hydrogen) atoms. The topological polar surface area (TPSA) is 88.5 Å². The lowest BCUT2D eigenvalue weighted by atomic mass is 9.78. The van der Waals surface area contributed by atoms with Crippen molar-refractivity contribution in [3.8, 4) is 0 Å². The molecule has 2 aromatic rings. The van der Waals surface area contributed by atoms with E-state index in [1.165, 1.54) is 10.4 Å². The lowest BCUT2D eigenvalue weighted by Gasteiger charge is -2.34. The van der Waals surface area contributed by atoms with Crippen LogP contribution in [0.1, 0.15) is 69.2 Å². The second kappa shape index (κ2) is 9.58. The second-order valence-corrected chi connectivity index (χ2v) is 11.8. The molecule has 3 atom stereocenters. The molecule has 8 heteroatoms. The average Bonchev–Trinajstić information content (AvgIpc) is 3.09. The van der Waals surface area contributed by atoms with E-state index in [0.717, 1.165) is 44.9 Å². The summed E-state index contributed by atoms with van der Waals surface area (Å²) in [7, 11) is -1.92. The predicted molar refractivity (Wildman–Crippen MR) is 130 cm³/mol. The summed E-state index contributed by atoms with van der Waals surface area (Å²) in [5.74, 6) is 0.483.